The van der Waals surface area contributed by atoms with Crippen LogP contribution in [-0.2, 0) is 0 Å². The van der Waals surface area contributed by atoms with Crippen molar-refractivity contribution >= 4 is 40.2 Å². The Morgan fingerprint density at radius 3 is 2.86 bits per heavy atom. The van der Waals surface area contributed by atoms with Crippen LogP contribution in [0.1, 0.15) is 23.4 Å². The number of anilines is 1. The predicted molar refractivity (Wildman–Crippen MR) is 93.3 cm³/mol. The van der Waals surface area contributed by atoms with Gasteiger partial charge in [-0.05, 0) is 31.7 Å². The van der Waals surface area contributed by atoms with Gasteiger partial charge in [-0.2, -0.15) is 0 Å². The van der Waals surface area contributed by atoms with E-state index in [0.717, 1.165) is 16.2 Å². The Hall–Kier alpha value is -1.73. The lowest BCUT2D eigenvalue weighted by molar-refractivity contribution is 0.888. The van der Waals surface area contributed by atoms with Gasteiger partial charge < -0.3 is 10.7 Å². The molecule has 0 aliphatic heterocycles. The van der Waals surface area contributed by atoms with E-state index in [0.29, 0.717) is 11.0 Å². The molecule has 0 bridgehead atoms. The molecule has 3 heterocycles. The molecule has 0 aliphatic carbocycles. The molecule has 3 rings (SSSR count). The molecule has 0 spiro atoms. The summed E-state index contributed by atoms with van der Waals surface area (Å²) in [5, 5.41) is 2.92. The van der Waals surface area contributed by atoms with Crippen molar-refractivity contribution in [2.24, 2.45) is 0 Å². The highest BCUT2D eigenvalue weighted by Crippen LogP contribution is 2.34. The second-order valence-electron chi connectivity index (χ2n) is 5.00. The molecule has 5 nitrogen and oxygen atoms in total. The van der Waals surface area contributed by atoms with Gasteiger partial charge >= 0.3 is 0 Å². The second kappa shape index (κ2) is 6.18. The minimum atomic E-state index is 0.148. The molecule has 0 radical (unpaired) electrons. The molecule has 1 unspecified atom stereocenters. The minimum absolute atomic E-state index is 0.148. The van der Waals surface area contributed by atoms with Crippen LogP contribution < -0.4 is 5.73 Å². The lowest BCUT2D eigenvalue weighted by atomic mass is 10.2. The predicted octanol–water partition coefficient (Wildman–Crippen LogP) is 3.82. The van der Waals surface area contributed by atoms with E-state index in [1.165, 1.54) is 10.9 Å². The fraction of sp³-hybridized carbons (Fsp3) is 0.267. The minimum Gasteiger partial charge on any atom is -0.384 e. The number of thioether (sulfide) groups is 2. The number of hydrogen-bond donors (Lipinski definition) is 2. The first-order chi connectivity index (χ1) is 10.6. The quantitative estimate of drug-likeness (QED) is 0.430. The number of fused-ring (bicyclic) bond motifs is 1. The zero-order valence-corrected chi connectivity index (χ0v) is 14.3. The molecule has 0 amide bonds. The Morgan fingerprint density at radius 1 is 1.27 bits per heavy atom. The van der Waals surface area contributed by atoms with E-state index in [4.69, 9.17) is 5.73 Å². The Labute approximate surface area is 137 Å². The van der Waals surface area contributed by atoms with Crippen molar-refractivity contribution in [3.63, 3.8) is 0 Å². The van der Waals surface area contributed by atoms with E-state index in [-0.39, 0.29) is 5.25 Å². The highest BCUT2D eigenvalue weighted by atomic mass is 32.2. The van der Waals surface area contributed by atoms with Gasteiger partial charge in [0.05, 0.1) is 22.7 Å². The number of rotatable bonds is 4. The van der Waals surface area contributed by atoms with Crippen LogP contribution in [-0.4, -0.2) is 26.2 Å². The highest BCUT2D eigenvalue weighted by Gasteiger charge is 2.14. The summed E-state index contributed by atoms with van der Waals surface area (Å²) in [7, 11) is 0. The van der Waals surface area contributed by atoms with Crippen LogP contribution >= 0.6 is 23.5 Å². The molecule has 114 valence electrons. The Balaban J connectivity index is 1.87. The standard InChI is InChI=1S/C15H17N5S2/c1-8-6-17-12-7-18-11(4-10(8)12)9(2)22-15-19-13(16)5-14(20-15)21-3/h4-7,9,17H,1-3H3,(H2,16,19,20). The molecule has 0 saturated heterocycles. The first kappa shape index (κ1) is 15.2. The molecule has 3 N–H and O–H groups in total. The SMILES string of the molecule is CSc1cc(N)nc(SC(C)c2cc3c(C)c[nH]c3cn2)n1. The summed E-state index contributed by atoms with van der Waals surface area (Å²) in [4.78, 5) is 16.5. The van der Waals surface area contributed by atoms with E-state index < -0.39 is 0 Å². The van der Waals surface area contributed by atoms with Crippen LogP contribution in [0.5, 0.6) is 0 Å². The van der Waals surface area contributed by atoms with Gasteiger partial charge in [0.25, 0.3) is 0 Å². The number of pyridine rings is 1. The van der Waals surface area contributed by atoms with Crippen molar-refractivity contribution in [2.75, 3.05) is 12.0 Å². The van der Waals surface area contributed by atoms with E-state index in [2.05, 4.69) is 39.8 Å². The zero-order chi connectivity index (χ0) is 15.7. The molecule has 0 aromatic carbocycles. The lowest BCUT2D eigenvalue weighted by Crippen LogP contribution is -1.99. The van der Waals surface area contributed by atoms with Crippen molar-refractivity contribution in [3.05, 3.63) is 35.8 Å². The lowest BCUT2D eigenvalue weighted by Gasteiger charge is -2.11. The van der Waals surface area contributed by atoms with Crippen molar-refractivity contribution < 1.29 is 0 Å². The molecule has 3 aromatic rings. The van der Waals surface area contributed by atoms with Crippen LogP contribution in [0.2, 0.25) is 0 Å². The third-order valence-electron chi connectivity index (χ3n) is 3.40. The Morgan fingerprint density at radius 2 is 2.09 bits per heavy atom. The maximum Gasteiger partial charge on any atom is 0.191 e. The average Bonchev–Trinajstić information content (AvgIpc) is 2.87. The highest BCUT2D eigenvalue weighted by molar-refractivity contribution is 7.99. The van der Waals surface area contributed by atoms with Crippen molar-refractivity contribution in [3.8, 4) is 0 Å². The van der Waals surface area contributed by atoms with E-state index in [1.807, 2.05) is 18.6 Å². The van der Waals surface area contributed by atoms with Gasteiger partial charge in [-0.3, -0.25) is 4.98 Å². The van der Waals surface area contributed by atoms with Crippen LogP contribution in [0.15, 0.2) is 34.7 Å². The average molecular weight is 331 g/mol. The maximum atomic E-state index is 5.83. The topological polar surface area (TPSA) is 80.5 Å². The smallest absolute Gasteiger partial charge is 0.191 e. The van der Waals surface area contributed by atoms with Crippen molar-refractivity contribution in [1.29, 1.82) is 0 Å². The fourth-order valence-electron chi connectivity index (χ4n) is 2.20. The van der Waals surface area contributed by atoms with Gasteiger partial charge in [-0.1, -0.05) is 11.8 Å². The van der Waals surface area contributed by atoms with Gasteiger partial charge in [-0.25, -0.2) is 9.97 Å². The van der Waals surface area contributed by atoms with Gasteiger partial charge in [0.2, 0.25) is 0 Å². The summed E-state index contributed by atoms with van der Waals surface area (Å²) in [6, 6.07) is 3.91. The molecule has 0 saturated carbocycles. The van der Waals surface area contributed by atoms with Gasteiger partial charge in [0.15, 0.2) is 5.16 Å². The summed E-state index contributed by atoms with van der Waals surface area (Å²) in [5.41, 5.74) is 9.12. The fourth-order valence-corrected chi connectivity index (χ4v) is 3.54. The Bertz CT molecular complexity index is 815. The Kier molecular flexibility index (Phi) is 4.26. The van der Waals surface area contributed by atoms with E-state index >= 15 is 0 Å². The molecular weight excluding hydrogens is 314 g/mol. The van der Waals surface area contributed by atoms with Crippen molar-refractivity contribution in [1.82, 2.24) is 19.9 Å². The van der Waals surface area contributed by atoms with E-state index in [9.17, 15) is 0 Å². The number of aromatic amines is 1. The monoisotopic (exact) mass is 331 g/mol. The molecule has 1 atom stereocenters. The van der Waals surface area contributed by atoms with Crippen LogP contribution in [0, 0.1) is 6.92 Å². The van der Waals surface area contributed by atoms with Gasteiger partial charge in [0.1, 0.15) is 10.8 Å². The van der Waals surface area contributed by atoms with Crippen molar-refractivity contribution in [2.45, 2.75) is 29.3 Å². The number of nitrogens with two attached hydrogens (primary N) is 1. The number of hydrogen-bond acceptors (Lipinski definition) is 6. The molecule has 0 aliphatic rings. The summed E-state index contributed by atoms with van der Waals surface area (Å²) in [5.74, 6) is 0.499. The van der Waals surface area contributed by atoms with Crippen LogP contribution in [0.25, 0.3) is 10.9 Å². The first-order valence-corrected chi connectivity index (χ1v) is 8.96. The second-order valence-corrected chi connectivity index (χ2v) is 7.14. The number of nitrogens with one attached hydrogen (secondary N) is 1. The molecule has 3 aromatic heterocycles. The molecule has 0 fully saturated rings. The third kappa shape index (κ3) is 3.05. The molecule has 22 heavy (non-hydrogen) atoms. The number of H-pyrrole nitrogens is 1. The largest absolute Gasteiger partial charge is 0.384 e. The summed E-state index contributed by atoms with van der Waals surface area (Å²) in [6.07, 6.45) is 5.85. The van der Waals surface area contributed by atoms with E-state index in [1.54, 1.807) is 29.6 Å². The van der Waals surface area contributed by atoms with Crippen LogP contribution in [0.4, 0.5) is 5.82 Å². The van der Waals surface area contributed by atoms with Gasteiger partial charge in [-0.15, -0.1) is 11.8 Å². The van der Waals surface area contributed by atoms with Crippen LogP contribution in [0.3, 0.4) is 0 Å². The maximum absolute atomic E-state index is 5.83. The number of aryl methyl sites for hydroxylation is 1. The normalized spacial score (nSPS) is 12.7. The number of nitrogens with zero attached hydrogens (tertiary/aromatic N) is 3. The molecule has 7 heteroatoms. The third-order valence-corrected chi connectivity index (χ3v) is 5.02. The number of nitrogen functional groups attached to an aromatic ring is 1. The summed E-state index contributed by atoms with van der Waals surface area (Å²) in [6.45, 7) is 4.19. The van der Waals surface area contributed by atoms with Gasteiger partial charge in [0, 0.05) is 17.6 Å². The zero-order valence-electron chi connectivity index (χ0n) is 12.6. The number of aromatic nitrogens is 4. The first-order valence-electron chi connectivity index (χ1n) is 6.85. The summed E-state index contributed by atoms with van der Waals surface area (Å²) < 4.78 is 0. The summed E-state index contributed by atoms with van der Waals surface area (Å²) >= 11 is 3.13. The molecular formula is C15H17N5S2.